The lowest BCUT2D eigenvalue weighted by Crippen LogP contribution is -2.43. The number of hydrogen-bond donors (Lipinski definition) is 1. The Bertz CT molecular complexity index is 190. The number of hydrogen-bond acceptors (Lipinski definition) is 4. The van der Waals surface area contributed by atoms with Crippen molar-refractivity contribution in [3.05, 3.63) is 0 Å². The second-order valence-corrected chi connectivity index (χ2v) is 3.89. The summed E-state index contributed by atoms with van der Waals surface area (Å²) in [5.74, 6) is 0.304. The molecule has 1 aliphatic rings. The third-order valence-electron chi connectivity index (χ3n) is 2.86. The molecule has 14 heavy (non-hydrogen) atoms. The molecule has 0 aromatic carbocycles. The first-order valence-corrected chi connectivity index (χ1v) is 5.12. The highest BCUT2D eigenvalue weighted by atomic mass is 16.5. The molecule has 4 nitrogen and oxygen atoms in total. The molecular formula is C9H18BNO3. The number of carbonyl (C=O) groups is 1. The van der Waals surface area contributed by atoms with Crippen LogP contribution in [0.3, 0.4) is 0 Å². The maximum atomic E-state index is 11.0. The number of esters is 1. The molecule has 0 bridgehead atoms. The average Bonchev–Trinajstić information content (AvgIpc) is 2.18. The van der Waals surface area contributed by atoms with Gasteiger partial charge in [-0.15, -0.1) is 0 Å². The zero-order valence-electron chi connectivity index (χ0n) is 8.90. The molecule has 0 aromatic rings. The van der Waals surface area contributed by atoms with Crippen LogP contribution in [0.25, 0.3) is 0 Å². The molecule has 1 fully saturated rings. The minimum atomic E-state index is -0.367. The van der Waals surface area contributed by atoms with Gasteiger partial charge in [0.1, 0.15) is 0 Å². The molecule has 1 rings (SSSR count). The largest absolute Gasteiger partial charge is 0.469 e. The minimum Gasteiger partial charge on any atom is -0.469 e. The summed E-state index contributed by atoms with van der Waals surface area (Å²) in [4.78, 5) is 13.0. The average molecular weight is 199 g/mol. The topological polar surface area (TPSA) is 49.8 Å². The fourth-order valence-corrected chi connectivity index (χ4v) is 1.85. The lowest BCUT2D eigenvalue weighted by molar-refractivity contribution is -0.142. The van der Waals surface area contributed by atoms with Gasteiger partial charge in [0, 0.05) is 6.42 Å². The molecule has 1 N–H and O–H groups in total. The molecule has 0 aliphatic carbocycles. The Hall–Kier alpha value is -0.545. The summed E-state index contributed by atoms with van der Waals surface area (Å²) < 4.78 is 4.63. The van der Waals surface area contributed by atoms with Gasteiger partial charge in [0.25, 0.3) is 0 Å². The number of nitrogens with zero attached hydrogens (tertiary/aromatic N) is 1. The predicted molar refractivity (Wildman–Crippen MR) is 54.8 cm³/mol. The van der Waals surface area contributed by atoms with Crippen LogP contribution >= 0.6 is 0 Å². The normalized spacial score (nSPS) is 19.4. The first-order valence-electron chi connectivity index (χ1n) is 5.12. The molecule has 1 aliphatic heterocycles. The van der Waals surface area contributed by atoms with Crippen molar-refractivity contribution in [1.29, 1.82) is 0 Å². The maximum Gasteiger partial charge on any atom is 0.376 e. The van der Waals surface area contributed by atoms with Gasteiger partial charge in [-0.3, -0.25) is 4.79 Å². The summed E-state index contributed by atoms with van der Waals surface area (Å²) in [5, 5.41) is 9.33. The summed E-state index contributed by atoms with van der Waals surface area (Å²) in [5.41, 5.74) is 0. The van der Waals surface area contributed by atoms with Crippen LogP contribution in [-0.2, 0) is 9.53 Å². The maximum absolute atomic E-state index is 11.0. The zero-order valence-corrected chi connectivity index (χ0v) is 8.90. The SMILES string of the molecule is COC(=O)CC1CCN(B(C)O)CC1. The second-order valence-electron chi connectivity index (χ2n) is 3.89. The Balaban J connectivity index is 2.25. The highest BCUT2D eigenvalue weighted by molar-refractivity contribution is 6.45. The molecular weight excluding hydrogens is 181 g/mol. The van der Waals surface area contributed by atoms with Crippen LogP contribution in [0.15, 0.2) is 0 Å². The zero-order chi connectivity index (χ0) is 10.6. The van der Waals surface area contributed by atoms with Gasteiger partial charge >= 0.3 is 13.0 Å². The predicted octanol–water partition coefficient (Wildman–Crippen LogP) is 0.372. The summed E-state index contributed by atoms with van der Waals surface area (Å²) in [6.45, 7) is 3.53. The molecule has 1 saturated heterocycles. The van der Waals surface area contributed by atoms with Crippen LogP contribution < -0.4 is 0 Å². The van der Waals surface area contributed by atoms with E-state index in [1.54, 1.807) is 6.82 Å². The number of rotatable bonds is 3. The van der Waals surface area contributed by atoms with E-state index in [1.807, 2.05) is 4.81 Å². The van der Waals surface area contributed by atoms with Gasteiger partial charge in [0.15, 0.2) is 0 Å². The van der Waals surface area contributed by atoms with Crippen LogP contribution in [0.1, 0.15) is 19.3 Å². The molecule has 0 radical (unpaired) electrons. The summed E-state index contributed by atoms with van der Waals surface area (Å²) >= 11 is 0. The standard InChI is InChI=1S/C9H18BNO3/c1-10(13)11-5-3-8(4-6-11)7-9(12)14-2/h8,13H,3-7H2,1-2H3. The van der Waals surface area contributed by atoms with Gasteiger partial charge in [-0.1, -0.05) is 0 Å². The Kier molecular flexibility index (Phi) is 4.42. The fourth-order valence-electron chi connectivity index (χ4n) is 1.85. The van der Waals surface area contributed by atoms with Gasteiger partial charge in [-0.05, 0) is 38.7 Å². The van der Waals surface area contributed by atoms with Gasteiger partial charge in [-0.2, -0.15) is 0 Å². The molecule has 1 heterocycles. The Labute approximate surface area is 85.4 Å². The number of carbonyl (C=O) groups excluding carboxylic acids is 1. The quantitative estimate of drug-likeness (QED) is 0.527. The highest BCUT2D eigenvalue weighted by Gasteiger charge is 2.25. The molecule has 80 valence electrons. The van der Waals surface area contributed by atoms with Crippen molar-refractivity contribution in [1.82, 2.24) is 4.81 Å². The van der Waals surface area contributed by atoms with Gasteiger partial charge < -0.3 is 14.6 Å². The number of ether oxygens (including phenoxy) is 1. The molecule has 5 heteroatoms. The van der Waals surface area contributed by atoms with Gasteiger partial charge in [0.2, 0.25) is 0 Å². The van der Waals surface area contributed by atoms with E-state index in [4.69, 9.17) is 0 Å². The van der Waals surface area contributed by atoms with Crippen molar-refractivity contribution < 1.29 is 14.6 Å². The Morgan fingerprint density at radius 1 is 1.57 bits per heavy atom. The van der Waals surface area contributed by atoms with E-state index in [-0.39, 0.29) is 13.0 Å². The van der Waals surface area contributed by atoms with Gasteiger partial charge in [0.05, 0.1) is 7.11 Å². The van der Waals surface area contributed by atoms with Crippen LogP contribution in [0, 0.1) is 5.92 Å². The monoisotopic (exact) mass is 199 g/mol. The molecule has 0 unspecified atom stereocenters. The minimum absolute atomic E-state index is 0.125. The molecule has 0 saturated carbocycles. The number of methoxy groups -OCH3 is 1. The number of piperidine rings is 1. The van der Waals surface area contributed by atoms with E-state index in [0.717, 1.165) is 25.9 Å². The van der Waals surface area contributed by atoms with Crippen molar-refractivity contribution >= 4 is 13.0 Å². The lowest BCUT2D eigenvalue weighted by atomic mass is 9.80. The third kappa shape index (κ3) is 3.31. The Morgan fingerprint density at radius 3 is 2.57 bits per heavy atom. The van der Waals surface area contributed by atoms with Crippen LogP contribution in [-0.4, -0.2) is 43.1 Å². The van der Waals surface area contributed by atoms with E-state index >= 15 is 0 Å². The molecule has 0 spiro atoms. The van der Waals surface area contributed by atoms with Crippen molar-refractivity contribution in [2.45, 2.75) is 26.1 Å². The first kappa shape index (κ1) is 11.5. The van der Waals surface area contributed by atoms with Crippen molar-refractivity contribution in [3.63, 3.8) is 0 Å². The van der Waals surface area contributed by atoms with Crippen molar-refractivity contribution in [2.24, 2.45) is 5.92 Å². The molecule has 0 amide bonds. The van der Waals surface area contributed by atoms with E-state index in [0.29, 0.717) is 12.3 Å². The molecule has 0 atom stereocenters. The van der Waals surface area contributed by atoms with Crippen molar-refractivity contribution in [3.8, 4) is 0 Å². The van der Waals surface area contributed by atoms with Crippen LogP contribution in [0.2, 0.25) is 6.82 Å². The summed E-state index contributed by atoms with van der Waals surface area (Å²) in [6.07, 6.45) is 2.46. The van der Waals surface area contributed by atoms with Crippen LogP contribution in [0.5, 0.6) is 0 Å². The van der Waals surface area contributed by atoms with Crippen molar-refractivity contribution in [2.75, 3.05) is 20.2 Å². The van der Waals surface area contributed by atoms with E-state index in [2.05, 4.69) is 4.74 Å². The van der Waals surface area contributed by atoms with E-state index in [1.165, 1.54) is 7.11 Å². The first-order chi connectivity index (χ1) is 6.63. The van der Waals surface area contributed by atoms with Gasteiger partial charge in [-0.25, -0.2) is 0 Å². The Morgan fingerprint density at radius 2 is 2.14 bits per heavy atom. The van der Waals surface area contributed by atoms with Crippen LogP contribution in [0.4, 0.5) is 0 Å². The molecule has 0 aromatic heterocycles. The third-order valence-corrected chi connectivity index (χ3v) is 2.86. The smallest absolute Gasteiger partial charge is 0.376 e. The highest BCUT2D eigenvalue weighted by Crippen LogP contribution is 2.20. The van der Waals surface area contributed by atoms with E-state index < -0.39 is 0 Å². The summed E-state index contributed by atoms with van der Waals surface area (Å²) in [6, 6.07) is 0. The lowest BCUT2D eigenvalue weighted by Gasteiger charge is -2.32. The van der Waals surface area contributed by atoms with E-state index in [9.17, 15) is 9.82 Å². The summed E-state index contributed by atoms with van der Waals surface area (Å²) in [7, 11) is 1.06. The second kappa shape index (κ2) is 5.36. The fraction of sp³-hybridized carbons (Fsp3) is 0.889.